The van der Waals surface area contributed by atoms with Gasteiger partial charge in [-0.1, -0.05) is 413 Å². The molecule has 0 saturated carbocycles. The maximum Gasteiger partial charge on any atom is 0.171 e. The van der Waals surface area contributed by atoms with Gasteiger partial charge in [0.25, 0.3) is 0 Å². The minimum absolute atomic E-state index is 0.609. The van der Waals surface area contributed by atoms with Crippen LogP contribution in [0.4, 0.5) is 0 Å². The Kier molecular flexibility index (Phi) is 17.6. The number of nitrogens with zero attached hydrogens (tertiary/aromatic N) is 4. The number of para-hydroxylation sites is 4. The first kappa shape index (κ1) is 77.0. The molecule has 24 aromatic rings. The fourth-order valence-electron chi connectivity index (χ4n) is 22.5. The number of hydrogen-bond acceptors (Lipinski definition) is 4. The summed E-state index contributed by atoms with van der Waals surface area (Å²) in [5.41, 5.74) is 33.3. The van der Waals surface area contributed by atoms with E-state index < -0.39 is 25.1 Å². The molecule has 132 heavy (non-hydrogen) atoms. The van der Waals surface area contributed by atoms with Gasteiger partial charge < -0.3 is 9.13 Å². The molecule has 0 fully saturated rings. The van der Waals surface area contributed by atoms with E-state index >= 15 is 9.13 Å². The first-order valence-electron chi connectivity index (χ1n) is 45.2. The molecular formula is C124H80N4O2P2. The fraction of sp³-hybridized carbons (Fsp3) is 0.0161. The van der Waals surface area contributed by atoms with Gasteiger partial charge in [-0.25, -0.2) is 9.97 Å². The first-order valence-corrected chi connectivity index (χ1v) is 48.6. The summed E-state index contributed by atoms with van der Waals surface area (Å²) in [6, 6.07) is 173. The molecule has 27 rings (SSSR count). The highest BCUT2D eigenvalue weighted by molar-refractivity contribution is 7.85. The van der Waals surface area contributed by atoms with Crippen molar-refractivity contribution in [3.05, 3.63) is 530 Å². The van der Waals surface area contributed by atoms with Crippen LogP contribution in [0.15, 0.2) is 485 Å². The zero-order chi connectivity index (χ0) is 87.4. The van der Waals surface area contributed by atoms with Crippen LogP contribution in [0.3, 0.4) is 0 Å². The van der Waals surface area contributed by atoms with Crippen LogP contribution in [0.2, 0.25) is 0 Å². The molecule has 4 heterocycles. The van der Waals surface area contributed by atoms with Crippen molar-refractivity contribution >= 4 is 123 Å². The second kappa shape index (κ2) is 30.2. The Balaban J connectivity index is 0.000000138. The van der Waals surface area contributed by atoms with Gasteiger partial charge in [-0.3, -0.25) is 8.80 Å². The van der Waals surface area contributed by atoms with E-state index in [9.17, 15) is 0 Å². The van der Waals surface area contributed by atoms with Crippen molar-refractivity contribution in [2.24, 2.45) is 0 Å². The molecule has 0 radical (unpaired) electrons. The topological polar surface area (TPSA) is 68.7 Å². The SMILES string of the molecule is O=P(c1ccccc1)(c1ccccc1)c1ccc2c(c1)C(c1ccccc1)(c1ccccc1)c1cc(-c3ccc(-c4ccc5c(c4)c4ccccc4c4nc6ccccc6n54)cc3)ccc1-2.O=P(c1ccccc1)(c1ccccc1)c1ccc2c(c1)C1(c3ccccc3-c3ccccc31)c1cc(-c3ccc(-c4ccc5c(c4)c4ccccc4c4nc6ccccc6n54)cc3)ccc1-2. The Labute approximate surface area is 763 Å². The quantitative estimate of drug-likeness (QED) is 0.0903. The molecule has 0 N–H and O–H groups in total. The highest BCUT2D eigenvalue weighted by Gasteiger charge is 2.53. The molecule has 4 aromatic heterocycles. The van der Waals surface area contributed by atoms with Gasteiger partial charge in [0.2, 0.25) is 0 Å². The maximum atomic E-state index is 16.0. The average Bonchev–Trinajstić information content (AvgIpc) is 1.50. The highest BCUT2D eigenvalue weighted by atomic mass is 31.2. The van der Waals surface area contributed by atoms with Crippen molar-refractivity contribution in [1.82, 2.24) is 18.8 Å². The number of hydrogen-bond donors (Lipinski definition) is 0. The largest absolute Gasteiger partial charge is 0.309 e. The number of imidazole rings is 2. The van der Waals surface area contributed by atoms with Gasteiger partial charge in [0.15, 0.2) is 14.3 Å². The van der Waals surface area contributed by atoms with Gasteiger partial charge in [0, 0.05) is 53.4 Å². The molecule has 0 unspecified atom stereocenters. The number of rotatable bonds is 12. The third kappa shape index (κ3) is 11.4. The zero-order valence-electron chi connectivity index (χ0n) is 71.7. The molecule has 0 bridgehead atoms. The van der Waals surface area contributed by atoms with E-state index in [4.69, 9.17) is 9.97 Å². The summed E-state index contributed by atoms with van der Waals surface area (Å²) in [7, 11) is -6.55. The summed E-state index contributed by atoms with van der Waals surface area (Å²) in [5.74, 6) is 0. The van der Waals surface area contributed by atoms with E-state index in [1.54, 1.807) is 0 Å². The predicted octanol–water partition coefficient (Wildman–Crippen LogP) is 28.2. The van der Waals surface area contributed by atoms with Gasteiger partial charge >= 0.3 is 0 Å². The maximum absolute atomic E-state index is 16.0. The Bertz CT molecular complexity index is 8340. The first-order chi connectivity index (χ1) is 65.2. The molecule has 3 aliphatic carbocycles. The van der Waals surface area contributed by atoms with Gasteiger partial charge in [0.05, 0.1) is 43.9 Å². The van der Waals surface area contributed by atoms with Gasteiger partial charge in [-0.15, -0.1) is 0 Å². The molecule has 3 aliphatic rings. The third-order valence-electron chi connectivity index (χ3n) is 28.4. The van der Waals surface area contributed by atoms with Crippen molar-refractivity contribution in [2.75, 3.05) is 0 Å². The highest BCUT2D eigenvalue weighted by Crippen LogP contribution is 2.65. The lowest BCUT2D eigenvalue weighted by Gasteiger charge is -2.34. The Hall–Kier alpha value is -16.2. The minimum Gasteiger partial charge on any atom is -0.309 e. The normalized spacial score (nSPS) is 13.2. The van der Waals surface area contributed by atoms with Gasteiger partial charge in [0.1, 0.15) is 11.3 Å². The van der Waals surface area contributed by atoms with Gasteiger partial charge in [-0.2, -0.15) is 0 Å². The van der Waals surface area contributed by atoms with E-state index in [-0.39, 0.29) is 0 Å². The van der Waals surface area contributed by atoms with Crippen LogP contribution in [0.5, 0.6) is 0 Å². The van der Waals surface area contributed by atoms with E-state index in [1.165, 1.54) is 99.4 Å². The number of pyridine rings is 2. The van der Waals surface area contributed by atoms with Crippen molar-refractivity contribution in [2.45, 2.75) is 10.8 Å². The van der Waals surface area contributed by atoms with Crippen molar-refractivity contribution in [3.63, 3.8) is 0 Å². The Morgan fingerprint density at radius 2 is 0.455 bits per heavy atom. The second-order valence-corrected chi connectivity index (χ2v) is 40.6. The molecule has 0 atom stereocenters. The van der Waals surface area contributed by atoms with E-state index in [1.807, 2.05) is 121 Å². The van der Waals surface area contributed by atoms with Gasteiger partial charge in [-0.05, 0) is 206 Å². The number of benzene rings is 20. The number of aromatic nitrogens is 4. The molecule has 0 amide bonds. The lowest BCUT2D eigenvalue weighted by molar-refractivity contribution is 0.591. The Morgan fingerprint density at radius 1 is 0.182 bits per heavy atom. The van der Waals surface area contributed by atoms with Crippen molar-refractivity contribution in [1.29, 1.82) is 0 Å². The summed E-state index contributed by atoms with van der Waals surface area (Å²) in [4.78, 5) is 10.2. The molecular weight excluding hydrogens is 1640 g/mol. The smallest absolute Gasteiger partial charge is 0.171 e. The summed E-state index contributed by atoms with van der Waals surface area (Å²) in [5, 5.41) is 12.1. The lowest BCUT2D eigenvalue weighted by atomic mass is 9.67. The molecule has 8 heteroatoms. The molecule has 618 valence electrons. The molecule has 6 nitrogen and oxygen atoms in total. The summed E-state index contributed by atoms with van der Waals surface area (Å²) in [6.07, 6.45) is 0. The fourth-order valence-corrected chi connectivity index (χ4v) is 27.8. The summed E-state index contributed by atoms with van der Waals surface area (Å²) >= 11 is 0. The van der Waals surface area contributed by atoms with E-state index in [0.717, 1.165) is 132 Å². The second-order valence-electron chi connectivity index (χ2n) is 35.1. The van der Waals surface area contributed by atoms with Crippen LogP contribution in [0.1, 0.15) is 44.5 Å². The molecule has 20 aromatic carbocycles. The predicted molar refractivity (Wildman–Crippen MR) is 550 cm³/mol. The molecule has 1 spiro atoms. The Morgan fingerprint density at radius 3 is 0.841 bits per heavy atom. The van der Waals surface area contributed by atoms with Crippen LogP contribution in [-0.2, 0) is 20.0 Å². The van der Waals surface area contributed by atoms with E-state index in [2.05, 4.69) is 373 Å². The third-order valence-corrected chi connectivity index (χ3v) is 34.5. The summed E-state index contributed by atoms with van der Waals surface area (Å²) in [6.45, 7) is 0. The van der Waals surface area contributed by atoms with E-state index in [0.29, 0.717) is 0 Å². The number of fused-ring (bicyclic) bond motifs is 29. The van der Waals surface area contributed by atoms with Crippen LogP contribution < -0.4 is 31.8 Å². The van der Waals surface area contributed by atoms with Crippen LogP contribution in [0.25, 0.3) is 155 Å². The molecule has 0 aliphatic heterocycles. The minimum atomic E-state index is -3.28. The monoisotopic (exact) mass is 1720 g/mol. The van der Waals surface area contributed by atoms with Crippen molar-refractivity contribution in [3.8, 4) is 77.9 Å². The average molecular weight is 1720 g/mol. The zero-order valence-corrected chi connectivity index (χ0v) is 73.5. The van der Waals surface area contributed by atoms with Crippen LogP contribution in [0, 0.1) is 0 Å². The summed E-state index contributed by atoms with van der Waals surface area (Å²) < 4.78 is 36.5. The van der Waals surface area contributed by atoms with Crippen molar-refractivity contribution < 1.29 is 9.13 Å². The molecule has 0 saturated heterocycles. The lowest BCUT2D eigenvalue weighted by Crippen LogP contribution is -2.31. The standard InChI is InChI=1S/C62H39N2OP.C62H41N2OP/c65-66(44-15-3-1-4-16-44,45-17-5-2-6-18-45)46-33-35-51-50-34-31-43(38-56(50)62(57(51)39-46)54-23-11-9-20-48(54)49-21-10-12-24-55(49)62)41-29-27-40(28-30-41)42-32-36-59-53(37-42)47-19-7-8-22-52(47)61-63-58-25-13-14-26-60(58)64(59)61;65-66(48-21-9-3-10-22-48,49-23-11-4-12-24-49)50-35-37-53-52-36-33-45(40-56(52)62(57(53)41-50,46-17-5-1-6-18-46)47-19-7-2-8-20-47)43-31-29-42(30-32-43)44-34-38-59-55(39-44)51-25-13-14-26-54(51)61-63-58-27-15-16-28-60(58)64(59)61/h1-39H;1-41H. The van der Waals surface area contributed by atoms with Crippen LogP contribution in [-0.4, -0.2) is 18.8 Å². The van der Waals surface area contributed by atoms with Crippen LogP contribution >= 0.6 is 14.3 Å².